The van der Waals surface area contributed by atoms with Gasteiger partial charge in [0.25, 0.3) is 5.91 Å². The minimum Gasteiger partial charge on any atom is -0.450 e. The molecule has 8 heteroatoms. The van der Waals surface area contributed by atoms with E-state index in [1.165, 1.54) is 0 Å². The number of hydrogen-bond donors (Lipinski definition) is 1. The van der Waals surface area contributed by atoms with Crippen LogP contribution in [0.1, 0.15) is 22.8 Å². The predicted octanol–water partition coefficient (Wildman–Crippen LogP) is 1.69. The normalized spacial score (nSPS) is 14.0. The molecule has 3 heterocycles. The van der Waals surface area contributed by atoms with Gasteiger partial charge in [-0.1, -0.05) is 0 Å². The Morgan fingerprint density at radius 3 is 2.56 bits per heavy atom. The van der Waals surface area contributed by atoms with E-state index in [1.54, 1.807) is 42.5 Å². The molecule has 1 saturated heterocycles. The van der Waals surface area contributed by atoms with Gasteiger partial charge >= 0.3 is 6.09 Å². The Bertz CT molecular complexity index is 776. The van der Waals surface area contributed by atoms with Crippen molar-refractivity contribution in [1.29, 1.82) is 0 Å². The first-order valence-electron chi connectivity index (χ1n) is 8.97. The van der Waals surface area contributed by atoms with E-state index in [4.69, 9.17) is 4.74 Å². The Kier molecular flexibility index (Phi) is 6.19. The van der Waals surface area contributed by atoms with E-state index in [-0.39, 0.29) is 12.0 Å². The van der Waals surface area contributed by atoms with Crippen molar-refractivity contribution in [2.45, 2.75) is 13.5 Å². The summed E-state index contributed by atoms with van der Waals surface area (Å²) in [4.78, 5) is 36.3. The van der Waals surface area contributed by atoms with E-state index in [2.05, 4.69) is 20.2 Å². The molecule has 0 atom stereocenters. The summed E-state index contributed by atoms with van der Waals surface area (Å²) in [7, 11) is 0. The van der Waals surface area contributed by atoms with Crippen LogP contribution in [0.25, 0.3) is 0 Å². The average Bonchev–Trinajstić information content (AvgIpc) is 2.73. The first-order chi connectivity index (χ1) is 13.2. The zero-order valence-electron chi connectivity index (χ0n) is 15.3. The van der Waals surface area contributed by atoms with Gasteiger partial charge in [0.15, 0.2) is 0 Å². The number of ether oxygens (including phenoxy) is 1. The molecule has 27 heavy (non-hydrogen) atoms. The molecule has 3 rings (SSSR count). The molecule has 0 radical (unpaired) electrons. The lowest BCUT2D eigenvalue weighted by Gasteiger charge is -2.34. The number of pyridine rings is 2. The van der Waals surface area contributed by atoms with E-state index in [9.17, 15) is 9.59 Å². The molecule has 2 aromatic heterocycles. The van der Waals surface area contributed by atoms with Crippen LogP contribution >= 0.6 is 0 Å². The van der Waals surface area contributed by atoms with Gasteiger partial charge < -0.3 is 19.9 Å². The number of nitrogens with zero attached hydrogens (tertiary/aromatic N) is 4. The number of carbonyl (C=O) groups excluding carboxylic acids is 2. The number of carbonyl (C=O) groups is 2. The van der Waals surface area contributed by atoms with Crippen molar-refractivity contribution in [3.05, 3.63) is 54.0 Å². The first-order valence-corrected chi connectivity index (χ1v) is 8.97. The molecule has 8 nitrogen and oxygen atoms in total. The lowest BCUT2D eigenvalue weighted by atomic mass is 10.2. The van der Waals surface area contributed by atoms with Crippen LogP contribution in [0, 0.1) is 0 Å². The van der Waals surface area contributed by atoms with Crippen LogP contribution in [0.3, 0.4) is 0 Å². The molecule has 0 saturated carbocycles. The zero-order chi connectivity index (χ0) is 19.1. The summed E-state index contributed by atoms with van der Waals surface area (Å²) in [5, 5.41) is 2.90. The van der Waals surface area contributed by atoms with E-state index in [0.29, 0.717) is 44.9 Å². The molecule has 1 aliphatic rings. The molecule has 0 bridgehead atoms. The standard InChI is InChI=1S/C19H23N5O3/c1-2-27-19(26)24-11-9-23(10-12-24)17-13-16(5-8-21-17)18(25)22-14-15-3-6-20-7-4-15/h3-8,13H,2,9-12,14H2,1H3,(H,22,25). The van der Waals surface area contributed by atoms with Gasteiger partial charge in [-0.25, -0.2) is 9.78 Å². The fourth-order valence-electron chi connectivity index (χ4n) is 2.85. The Hall–Kier alpha value is -3.16. The van der Waals surface area contributed by atoms with Crippen molar-refractivity contribution in [3.8, 4) is 0 Å². The van der Waals surface area contributed by atoms with Crippen molar-refractivity contribution in [1.82, 2.24) is 20.2 Å². The van der Waals surface area contributed by atoms with Crippen LogP contribution in [0.15, 0.2) is 42.9 Å². The number of rotatable bonds is 5. The van der Waals surface area contributed by atoms with E-state index in [1.807, 2.05) is 12.1 Å². The third-order valence-electron chi connectivity index (χ3n) is 4.34. The molecule has 2 amide bonds. The molecule has 0 unspecified atom stereocenters. The second kappa shape index (κ2) is 8.98. The third-order valence-corrected chi connectivity index (χ3v) is 4.34. The average molecular weight is 369 g/mol. The van der Waals surface area contributed by atoms with Crippen molar-refractivity contribution in [2.24, 2.45) is 0 Å². The molecular formula is C19H23N5O3. The Morgan fingerprint density at radius 2 is 1.85 bits per heavy atom. The van der Waals surface area contributed by atoms with Crippen molar-refractivity contribution < 1.29 is 14.3 Å². The fourth-order valence-corrected chi connectivity index (χ4v) is 2.85. The highest BCUT2D eigenvalue weighted by atomic mass is 16.6. The summed E-state index contributed by atoms with van der Waals surface area (Å²) in [6, 6.07) is 7.20. The molecule has 1 aliphatic heterocycles. The highest BCUT2D eigenvalue weighted by Crippen LogP contribution is 2.16. The molecule has 1 fully saturated rings. The second-order valence-electron chi connectivity index (χ2n) is 6.11. The van der Waals surface area contributed by atoms with Crippen molar-refractivity contribution in [3.63, 3.8) is 0 Å². The maximum Gasteiger partial charge on any atom is 0.409 e. The predicted molar refractivity (Wildman–Crippen MR) is 100 cm³/mol. The number of nitrogens with one attached hydrogen (secondary N) is 1. The second-order valence-corrected chi connectivity index (χ2v) is 6.11. The van der Waals surface area contributed by atoms with E-state index < -0.39 is 0 Å². The first kappa shape index (κ1) is 18.6. The summed E-state index contributed by atoms with van der Waals surface area (Å²) in [5.74, 6) is 0.579. The van der Waals surface area contributed by atoms with Crippen LogP contribution in [0.2, 0.25) is 0 Å². The Morgan fingerprint density at radius 1 is 1.11 bits per heavy atom. The zero-order valence-corrected chi connectivity index (χ0v) is 15.3. The Labute approximate surface area is 158 Å². The summed E-state index contributed by atoms with van der Waals surface area (Å²) < 4.78 is 5.03. The smallest absolute Gasteiger partial charge is 0.409 e. The highest BCUT2D eigenvalue weighted by Gasteiger charge is 2.23. The maximum absolute atomic E-state index is 12.4. The van der Waals surface area contributed by atoms with E-state index >= 15 is 0 Å². The van der Waals surface area contributed by atoms with Gasteiger partial charge in [0, 0.05) is 56.9 Å². The summed E-state index contributed by atoms with van der Waals surface area (Å²) >= 11 is 0. The topological polar surface area (TPSA) is 87.7 Å². The lowest BCUT2D eigenvalue weighted by molar-refractivity contribution is 0.0950. The Balaban J connectivity index is 1.57. The van der Waals surface area contributed by atoms with Gasteiger partial charge in [-0.3, -0.25) is 9.78 Å². The molecule has 0 aliphatic carbocycles. The molecular weight excluding hydrogens is 346 g/mol. The molecule has 2 aromatic rings. The maximum atomic E-state index is 12.4. The van der Waals surface area contributed by atoms with Gasteiger partial charge in [-0.15, -0.1) is 0 Å². The van der Waals surface area contributed by atoms with Crippen LogP contribution in [-0.2, 0) is 11.3 Å². The number of piperazine rings is 1. The minimum atomic E-state index is -0.283. The molecule has 0 aromatic carbocycles. The quantitative estimate of drug-likeness (QED) is 0.863. The van der Waals surface area contributed by atoms with Gasteiger partial charge in [0.1, 0.15) is 5.82 Å². The van der Waals surface area contributed by atoms with Gasteiger partial charge in [0.05, 0.1) is 6.61 Å². The summed E-state index contributed by atoms with van der Waals surface area (Å²) in [6.07, 6.45) is 4.74. The number of amides is 2. The summed E-state index contributed by atoms with van der Waals surface area (Å²) in [6.45, 7) is 5.04. The monoisotopic (exact) mass is 369 g/mol. The van der Waals surface area contributed by atoms with E-state index in [0.717, 1.165) is 11.4 Å². The highest BCUT2D eigenvalue weighted by molar-refractivity contribution is 5.94. The van der Waals surface area contributed by atoms with Crippen LogP contribution in [0.5, 0.6) is 0 Å². The summed E-state index contributed by atoms with van der Waals surface area (Å²) in [5.41, 5.74) is 1.55. The van der Waals surface area contributed by atoms with Crippen LogP contribution in [0.4, 0.5) is 10.6 Å². The SMILES string of the molecule is CCOC(=O)N1CCN(c2cc(C(=O)NCc3ccncc3)ccn2)CC1. The number of anilines is 1. The largest absolute Gasteiger partial charge is 0.450 e. The van der Waals surface area contributed by atoms with Gasteiger partial charge in [0.2, 0.25) is 0 Å². The van der Waals surface area contributed by atoms with Crippen LogP contribution in [-0.4, -0.2) is 59.7 Å². The lowest BCUT2D eigenvalue weighted by Crippen LogP contribution is -2.49. The molecule has 142 valence electrons. The third kappa shape index (κ3) is 4.93. The minimum absolute atomic E-state index is 0.152. The molecule has 0 spiro atoms. The van der Waals surface area contributed by atoms with Crippen LogP contribution < -0.4 is 10.2 Å². The van der Waals surface area contributed by atoms with Crippen molar-refractivity contribution >= 4 is 17.8 Å². The van der Waals surface area contributed by atoms with Gasteiger partial charge in [-0.05, 0) is 36.8 Å². The molecule has 1 N–H and O–H groups in total. The van der Waals surface area contributed by atoms with Gasteiger partial charge in [-0.2, -0.15) is 0 Å². The number of hydrogen-bond acceptors (Lipinski definition) is 6. The fraction of sp³-hybridized carbons (Fsp3) is 0.368. The van der Waals surface area contributed by atoms with Crippen molar-refractivity contribution in [2.75, 3.05) is 37.7 Å². The number of aromatic nitrogens is 2.